The third-order valence-corrected chi connectivity index (χ3v) is 8.15. The first-order valence-corrected chi connectivity index (χ1v) is 12.6. The Kier molecular flexibility index (Phi) is 5.09. The van der Waals surface area contributed by atoms with Crippen LogP contribution in [0.15, 0.2) is 20.0 Å². The second-order valence-electron chi connectivity index (χ2n) is 9.46. The monoisotopic (exact) mass is 690 g/mol. The summed E-state index contributed by atoms with van der Waals surface area (Å²) in [5.74, 6) is -32.5. The lowest BCUT2D eigenvalue weighted by Gasteiger charge is -2.18. The molecule has 220 valence electrons. The summed E-state index contributed by atoms with van der Waals surface area (Å²) < 4.78 is 179. The summed E-state index contributed by atoms with van der Waals surface area (Å²) in [6.45, 7) is 0. The molecule has 3 aliphatic rings. The molecule has 6 nitrogen and oxygen atoms in total. The Balaban J connectivity index is 1.74. The minimum atomic E-state index is -2.37. The zero-order valence-electron chi connectivity index (χ0n) is 20.2. The highest BCUT2D eigenvalue weighted by molar-refractivity contribution is 9.24. The van der Waals surface area contributed by atoms with E-state index < -0.39 is 143 Å². The summed E-state index contributed by atoms with van der Waals surface area (Å²) in [6, 6.07) is 0. The van der Waals surface area contributed by atoms with Crippen molar-refractivity contribution in [3.63, 3.8) is 0 Å². The largest absolute Gasteiger partial charge is 0.469 e. The minimum absolute atomic E-state index is 0.642. The number of rotatable bonds is 0. The highest BCUT2D eigenvalue weighted by atomic mass is 79.9. The fraction of sp³-hybridized carbons (Fsp3) is 0. The number of nitrogens with zero attached hydrogens (tertiary/aromatic N) is 6. The highest BCUT2D eigenvalue weighted by Crippen LogP contribution is 2.45. The van der Waals surface area contributed by atoms with E-state index in [0.717, 1.165) is 0 Å². The van der Waals surface area contributed by atoms with Crippen LogP contribution in [0.2, 0.25) is 0 Å². The SMILES string of the molecule is Fc1c(F)c(F)c2c(c1F)C1=NC2=Nc2c3c(F)c(F)c(F)c(F)c3c3n2B(Br)n2c(c4c(F)c(F)c(F)c(F)c4c2=N3)=N1. The van der Waals surface area contributed by atoms with E-state index in [9.17, 15) is 26.3 Å². The number of amidine groups is 2. The number of halogens is 13. The van der Waals surface area contributed by atoms with Gasteiger partial charge in [-0.25, -0.2) is 72.7 Å². The molecule has 8 rings (SSSR count). The van der Waals surface area contributed by atoms with Crippen molar-refractivity contribution in [2.75, 3.05) is 0 Å². The zero-order chi connectivity index (χ0) is 31.4. The maximum atomic E-state index is 15.3. The number of aliphatic imine (C=N–C) groups is 2. The van der Waals surface area contributed by atoms with Gasteiger partial charge in [0.2, 0.25) is 0 Å². The van der Waals surface area contributed by atoms with Gasteiger partial charge in [0.25, 0.3) is 0 Å². The second-order valence-corrected chi connectivity index (χ2v) is 10.3. The van der Waals surface area contributed by atoms with Gasteiger partial charge in [0.1, 0.15) is 22.6 Å². The number of fused-ring (bicyclic) bond motifs is 10. The molecule has 0 aliphatic carbocycles. The molecule has 3 aromatic carbocycles. The predicted octanol–water partition coefficient (Wildman–Crippen LogP) is 5.78. The third kappa shape index (κ3) is 2.87. The molecule has 5 aromatic rings. The molecule has 5 heterocycles. The van der Waals surface area contributed by atoms with Crippen LogP contribution in [0.5, 0.6) is 0 Å². The van der Waals surface area contributed by atoms with Crippen LogP contribution in [0.25, 0.3) is 21.5 Å². The van der Waals surface area contributed by atoms with Crippen molar-refractivity contribution in [1.82, 2.24) is 8.96 Å². The lowest BCUT2D eigenvalue weighted by atomic mass is 10.1. The Morgan fingerprint density at radius 2 is 0.750 bits per heavy atom. The minimum Gasteiger partial charge on any atom is -0.323 e. The standard InChI is InChI=1S/C24BBrF12N6/c26-25-43-21-3-5(11(31)17(37)15(35)9(3)29)23(43)42-24-6-4(10(30)16(36)18(38)12(6)32)22(44(24)25)41-20-2-1(19(39-20)40-21)7(27)13(33)14(34)8(2)28. The van der Waals surface area contributed by atoms with Crippen molar-refractivity contribution in [2.24, 2.45) is 20.0 Å². The molecule has 20 heteroatoms. The van der Waals surface area contributed by atoms with Crippen LogP contribution in [-0.4, -0.2) is 26.4 Å². The summed E-state index contributed by atoms with van der Waals surface area (Å²) in [5, 5.41) is -4.73. The van der Waals surface area contributed by atoms with E-state index >= 15 is 26.3 Å². The van der Waals surface area contributed by atoms with E-state index in [0.29, 0.717) is 8.96 Å². The first-order chi connectivity index (χ1) is 20.8. The average Bonchev–Trinajstić information content (AvgIpc) is 3.63. The average molecular weight is 691 g/mol. The van der Waals surface area contributed by atoms with Crippen molar-refractivity contribution in [2.45, 2.75) is 0 Å². The summed E-state index contributed by atoms with van der Waals surface area (Å²) >= 11 is 3.06. The van der Waals surface area contributed by atoms with E-state index in [1.54, 1.807) is 0 Å². The molecule has 0 spiro atoms. The van der Waals surface area contributed by atoms with Gasteiger partial charge in [-0.2, -0.15) is 0 Å². The quantitative estimate of drug-likeness (QED) is 0.0857. The van der Waals surface area contributed by atoms with Crippen LogP contribution in [0, 0.1) is 69.8 Å². The van der Waals surface area contributed by atoms with Gasteiger partial charge in [0, 0.05) is 0 Å². The lowest BCUT2D eigenvalue weighted by molar-refractivity contribution is 0.407. The van der Waals surface area contributed by atoms with E-state index in [2.05, 4.69) is 35.7 Å². The fourth-order valence-electron chi connectivity index (χ4n) is 5.47. The molecule has 0 N–H and O–H groups in total. The molecule has 2 aromatic heterocycles. The first kappa shape index (κ1) is 27.0. The van der Waals surface area contributed by atoms with Gasteiger partial charge in [-0.15, -0.1) is 0 Å². The molecular formula is C24BBrF12N6. The molecule has 0 fully saturated rings. The number of benzene rings is 3. The molecule has 0 radical (unpaired) electrons. The third-order valence-electron chi connectivity index (χ3n) is 7.33. The van der Waals surface area contributed by atoms with Crippen molar-refractivity contribution in [3.05, 3.63) is 91.9 Å². The molecule has 0 saturated heterocycles. The summed E-state index contributed by atoms with van der Waals surface area (Å²) in [4.78, 5) is 15.3. The fourth-order valence-corrected chi connectivity index (χ4v) is 6.25. The van der Waals surface area contributed by atoms with Crippen LogP contribution in [0.4, 0.5) is 64.3 Å². The van der Waals surface area contributed by atoms with E-state index in [1.165, 1.54) is 0 Å². The van der Waals surface area contributed by atoms with Crippen molar-refractivity contribution in [3.8, 4) is 0 Å². The number of hydrogen-bond acceptors (Lipinski definition) is 4. The van der Waals surface area contributed by atoms with Gasteiger partial charge < -0.3 is 8.96 Å². The Labute approximate surface area is 240 Å². The molecule has 0 unspecified atom stereocenters. The first-order valence-electron chi connectivity index (χ1n) is 11.7. The highest BCUT2D eigenvalue weighted by Gasteiger charge is 2.42. The van der Waals surface area contributed by atoms with Gasteiger partial charge in [0.15, 0.2) is 81.5 Å². The van der Waals surface area contributed by atoms with E-state index in [-0.39, 0.29) is 0 Å². The Morgan fingerprint density at radius 1 is 0.386 bits per heavy atom. The molecule has 44 heavy (non-hydrogen) atoms. The van der Waals surface area contributed by atoms with Crippen LogP contribution in [0.1, 0.15) is 11.1 Å². The van der Waals surface area contributed by atoms with Gasteiger partial charge >= 0.3 is 5.81 Å². The van der Waals surface area contributed by atoms with Crippen LogP contribution in [0.3, 0.4) is 0 Å². The zero-order valence-corrected chi connectivity index (χ0v) is 21.8. The Morgan fingerprint density at radius 3 is 1.23 bits per heavy atom. The second kappa shape index (κ2) is 8.30. The number of aromatic nitrogens is 2. The molecule has 0 atom stereocenters. The van der Waals surface area contributed by atoms with Crippen LogP contribution >= 0.6 is 15.8 Å². The van der Waals surface area contributed by atoms with Crippen molar-refractivity contribution < 1.29 is 52.7 Å². The Hall–Kier alpha value is -4.62. The molecule has 3 aliphatic heterocycles. The van der Waals surface area contributed by atoms with Gasteiger partial charge in [0.05, 0.1) is 32.7 Å². The molecule has 4 bridgehead atoms. The Bertz CT molecular complexity index is 2500. The summed E-state index contributed by atoms with van der Waals surface area (Å²) in [7, 11) is 0. The van der Waals surface area contributed by atoms with Crippen molar-refractivity contribution >= 4 is 66.4 Å². The molecule has 0 saturated carbocycles. The summed E-state index contributed by atoms with van der Waals surface area (Å²) in [5.41, 5.74) is -4.36. The van der Waals surface area contributed by atoms with Gasteiger partial charge in [-0.1, -0.05) is 15.8 Å². The van der Waals surface area contributed by atoms with Crippen LogP contribution < -0.4 is 11.0 Å². The van der Waals surface area contributed by atoms with Gasteiger partial charge in [-0.05, 0) is 0 Å². The van der Waals surface area contributed by atoms with E-state index in [4.69, 9.17) is 0 Å². The molecule has 0 amide bonds. The van der Waals surface area contributed by atoms with Crippen LogP contribution in [-0.2, 0) is 0 Å². The predicted molar refractivity (Wildman–Crippen MR) is 130 cm³/mol. The molecular weight excluding hydrogens is 691 g/mol. The van der Waals surface area contributed by atoms with Crippen molar-refractivity contribution in [1.29, 1.82) is 0 Å². The number of hydrogen-bond donors (Lipinski definition) is 0. The summed E-state index contributed by atoms with van der Waals surface area (Å²) in [6.07, 6.45) is 0. The van der Waals surface area contributed by atoms with E-state index in [1.807, 2.05) is 0 Å². The maximum absolute atomic E-state index is 15.3. The van der Waals surface area contributed by atoms with Gasteiger partial charge in [-0.3, -0.25) is 0 Å². The lowest BCUT2D eigenvalue weighted by Crippen LogP contribution is -2.44. The normalized spacial score (nSPS) is 14.6. The maximum Gasteiger partial charge on any atom is 0.469 e. The topological polar surface area (TPSA) is 59.3 Å². The smallest absolute Gasteiger partial charge is 0.323 e.